The first-order chi connectivity index (χ1) is 6.20. The average molecular weight is 200 g/mol. The van der Waals surface area contributed by atoms with Crippen molar-refractivity contribution in [1.29, 1.82) is 0 Å². The number of fused-ring (bicyclic) bond motifs is 1. The third-order valence-corrected chi connectivity index (χ3v) is 1.75. The quantitative estimate of drug-likeness (QED) is 0.592. The lowest BCUT2D eigenvalue weighted by atomic mass is 10.5. The molecule has 0 saturated heterocycles. The molecule has 0 unspecified atom stereocenters. The Balaban J connectivity index is 3.03. The highest BCUT2D eigenvalue weighted by Crippen LogP contribution is 2.07. The molecule has 2 aromatic heterocycles. The van der Waals surface area contributed by atoms with Gasteiger partial charge in [-0.3, -0.25) is 4.79 Å². The van der Waals surface area contributed by atoms with Crippen molar-refractivity contribution in [3.8, 4) is 0 Å². The summed E-state index contributed by atoms with van der Waals surface area (Å²) >= 11 is 5.37. The van der Waals surface area contributed by atoms with E-state index < -0.39 is 16.5 Å². The monoisotopic (exact) mass is 199 g/mol. The number of halogens is 2. The topological polar surface area (TPSA) is 47.3 Å². The van der Waals surface area contributed by atoms with Crippen molar-refractivity contribution in [2.24, 2.45) is 0 Å². The van der Waals surface area contributed by atoms with E-state index in [4.69, 9.17) is 11.6 Å². The van der Waals surface area contributed by atoms with E-state index in [-0.39, 0.29) is 5.65 Å². The molecule has 2 rings (SSSR count). The maximum Gasteiger partial charge on any atom is 0.312 e. The number of hydrogen-bond acceptors (Lipinski definition) is 3. The summed E-state index contributed by atoms with van der Waals surface area (Å²) in [4.78, 5) is 14.8. The van der Waals surface area contributed by atoms with Gasteiger partial charge in [0.05, 0.1) is 0 Å². The highest BCUT2D eigenvalue weighted by molar-refractivity contribution is 6.29. The van der Waals surface area contributed by atoms with Crippen LogP contribution in [0, 0.1) is 5.82 Å². The Morgan fingerprint density at radius 2 is 2.31 bits per heavy atom. The second kappa shape index (κ2) is 2.77. The highest BCUT2D eigenvalue weighted by atomic mass is 35.5. The molecule has 66 valence electrons. The molecule has 13 heavy (non-hydrogen) atoms. The molecule has 0 saturated carbocycles. The zero-order valence-corrected chi connectivity index (χ0v) is 6.99. The summed E-state index contributed by atoms with van der Waals surface area (Å²) in [5.74, 6) is -1.09. The van der Waals surface area contributed by atoms with E-state index in [2.05, 4.69) is 10.1 Å². The van der Waals surface area contributed by atoms with Gasteiger partial charge in [-0.05, 0) is 12.1 Å². The van der Waals surface area contributed by atoms with Gasteiger partial charge in [0.1, 0.15) is 0 Å². The minimum absolute atomic E-state index is 0.221. The second-order valence-electron chi connectivity index (χ2n) is 2.32. The maximum absolute atomic E-state index is 12.9. The standard InChI is InChI=1S/C7H3ClFN3O/c8-6-5(9)7(13)12-4(11-6)2-1-3-10-12/h1-3H. The van der Waals surface area contributed by atoms with Crippen molar-refractivity contribution in [3.63, 3.8) is 0 Å². The van der Waals surface area contributed by atoms with E-state index in [0.717, 1.165) is 4.52 Å². The molecular formula is C7H3ClFN3O. The van der Waals surface area contributed by atoms with Gasteiger partial charge in [0.2, 0.25) is 5.82 Å². The molecular weight excluding hydrogens is 197 g/mol. The summed E-state index contributed by atoms with van der Waals surface area (Å²) in [6, 6.07) is 3.09. The fraction of sp³-hybridized carbons (Fsp3) is 0. The smallest absolute Gasteiger partial charge is 0.264 e. The summed E-state index contributed by atoms with van der Waals surface area (Å²) < 4.78 is 13.7. The van der Waals surface area contributed by atoms with Crippen LogP contribution < -0.4 is 5.56 Å². The number of hydrogen-bond donors (Lipinski definition) is 0. The highest BCUT2D eigenvalue weighted by Gasteiger charge is 2.09. The Hall–Kier alpha value is -1.49. The Labute approximate surface area is 76.6 Å². The van der Waals surface area contributed by atoms with Crippen LogP contribution in [0.1, 0.15) is 0 Å². The summed E-state index contributed by atoms with van der Waals surface area (Å²) in [5.41, 5.74) is -0.672. The van der Waals surface area contributed by atoms with Crippen LogP contribution in [0.4, 0.5) is 4.39 Å². The first kappa shape index (κ1) is 8.12. The SMILES string of the molecule is O=c1c(F)c(Cl)nc2cccnn12. The molecule has 0 amide bonds. The Morgan fingerprint density at radius 3 is 3.08 bits per heavy atom. The van der Waals surface area contributed by atoms with Crippen LogP contribution in [0.25, 0.3) is 5.65 Å². The molecule has 2 aromatic rings. The van der Waals surface area contributed by atoms with Gasteiger partial charge in [0.25, 0.3) is 0 Å². The van der Waals surface area contributed by atoms with Crippen molar-refractivity contribution in [2.75, 3.05) is 0 Å². The van der Waals surface area contributed by atoms with Crippen molar-refractivity contribution in [3.05, 3.63) is 39.7 Å². The normalized spacial score (nSPS) is 10.6. The van der Waals surface area contributed by atoms with Gasteiger partial charge in [-0.25, -0.2) is 4.98 Å². The molecule has 0 aromatic carbocycles. The van der Waals surface area contributed by atoms with Gasteiger partial charge in [0.15, 0.2) is 10.8 Å². The molecule has 4 nitrogen and oxygen atoms in total. The molecule has 0 spiro atoms. The van der Waals surface area contributed by atoms with E-state index in [9.17, 15) is 9.18 Å². The number of rotatable bonds is 0. The van der Waals surface area contributed by atoms with Crippen LogP contribution >= 0.6 is 11.6 Å². The first-order valence-corrected chi connectivity index (χ1v) is 3.77. The summed E-state index contributed by atoms with van der Waals surface area (Å²) in [7, 11) is 0. The van der Waals surface area contributed by atoms with Gasteiger partial charge >= 0.3 is 5.56 Å². The van der Waals surface area contributed by atoms with Crippen molar-refractivity contribution in [2.45, 2.75) is 0 Å². The van der Waals surface area contributed by atoms with E-state index in [1.807, 2.05) is 0 Å². The van der Waals surface area contributed by atoms with E-state index in [1.54, 1.807) is 6.07 Å². The third kappa shape index (κ3) is 1.17. The van der Waals surface area contributed by atoms with Crippen molar-refractivity contribution in [1.82, 2.24) is 14.6 Å². The lowest BCUT2D eigenvalue weighted by molar-refractivity contribution is 0.589. The summed E-state index contributed by atoms with van der Waals surface area (Å²) in [5, 5.41) is 3.19. The molecule has 0 aliphatic carbocycles. The van der Waals surface area contributed by atoms with Crippen LogP contribution in [-0.2, 0) is 0 Å². The maximum atomic E-state index is 12.9. The Kier molecular flexibility index (Phi) is 1.73. The van der Waals surface area contributed by atoms with Crippen LogP contribution in [0.15, 0.2) is 23.1 Å². The van der Waals surface area contributed by atoms with Crippen LogP contribution in [-0.4, -0.2) is 14.6 Å². The van der Waals surface area contributed by atoms with Crippen LogP contribution in [0.5, 0.6) is 0 Å². The minimum atomic E-state index is -1.09. The van der Waals surface area contributed by atoms with Crippen molar-refractivity contribution < 1.29 is 4.39 Å². The largest absolute Gasteiger partial charge is 0.312 e. The molecule has 6 heteroatoms. The Bertz CT molecular complexity index is 525. The molecule has 2 heterocycles. The minimum Gasteiger partial charge on any atom is -0.264 e. The third-order valence-electron chi connectivity index (χ3n) is 1.50. The number of aromatic nitrogens is 3. The van der Waals surface area contributed by atoms with E-state index in [0.29, 0.717) is 0 Å². The second-order valence-corrected chi connectivity index (χ2v) is 2.67. The van der Waals surface area contributed by atoms with Gasteiger partial charge in [0, 0.05) is 6.20 Å². The zero-order chi connectivity index (χ0) is 9.42. The predicted octanol–water partition coefficient (Wildman–Crippen LogP) is 0.882. The average Bonchev–Trinajstić information content (AvgIpc) is 2.15. The summed E-state index contributed by atoms with van der Waals surface area (Å²) in [6.07, 6.45) is 1.36. The molecule has 0 N–H and O–H groups in total. The van der Waals surface area contributed by atoms with Gasteiger partial charge in [-0.1, -0.05) is 11.6 Å². The number of nitrogens with zero attached hydrogens (tertiary/aromatic N) is 3. The predicted molar refractivity (Wildman–Crippen MR) is 44.2 cm³/mol. The van der Waals surface area contributed by atoms with Crippen LogP contribution in [0.2, 0.25) is 5.15 Å². The molecule has 0 aliphatic rings. The van der Waals surface area contributed by atoms with Crippen LogP contribution in [0.3, 0.4) is 0 Å². The fourth-order valence-electron chi connectivity index (χ4n) is 0.936. The van der Waals surface area contributed by atoms with E-state index in [1.165, 1.54) is 12.3 Å². The molecule has 0 atom stereocenters. The van der Waals surface area contributed by atoms with Gasteiger partial charge in [-0.15, -0.1) is 0 Å². The Morgan fingerprint density at radius 1 is 1.54 bits per heavy atom. The van der Waals surface area contributed by atoms with E-state index >= 15 is 0 Å². The molecule has 0 radical (unpaired) electrons. The first-order valence-electron chi connectivity index (χ1n) is 3.39. The molecule has 0 fully saturated rings. The molecule has 0 bridgehead atoms. The summed E-state index contributed by atoms with van der Waals surface area (Å²) in [6.45, 7) is 0. The van der Waals surface area contributed by atoms with Gasteiger partial charge in [-0.2, -0.15) is 14.0 Å². The van der Waals surface area contributed by atoms with Gasteiger partial charge < -0.3 is 0 Å². The lowest BCUT2D eigenvalue weighted by Gasteiger charge is -1.98. The lowest BCUT2D eigenvalue weighted by Crippen LogP contribution is -2.20. The fourth-order valence-corrected chi connectivity index (χ4v) is 1.10. The molecule has 0 aliphatic heterocycles. The van der Waals surface area contributed by atoms with Crippen molar-refractivity contribution >= 4 is 17.2 Å². The zero-order valence-electron chi connectivity index (χ0n) is 6.24.